The number of carbonyl (C=O) groups is 1. The van der Waals surface area contributed by atoms with E-state index in [0.29, 0.717) is 12.3 Å². The molecule has 1 saturated carbocycles. The van der Waals surface area contributed by atoms with Crippen LogP contribution in [0.4, 0.5) is 4.39 Å². The molecule has 0 radical (unpaired) electrons. The molecule has 0 heterocycles. The van der Waals surface area contributed by atoms with Gasteiger partial charge in [0, 0.05) is 10.9 Å². The Labute approximate surface area is 126 Å². The first-order chi connectivity index (χ1) is 9.44. The van der Waals surface area contributed by atoms with E-state index in [0.717, 1.165) is 22.9 Å². The Balaban J connectivity index is 1.90. The van der Waals surface area contributed by atoms with Gasteiger partial charge in [-0.3, -0.25) is 4.79 Å². The largest absolute Gasteiger partial charge is 0.394 e. The average Bonchev–Trinajstić information content (AvgIpc) is 3.24. The summed E-state index contributed by atoms with van der Waals surface area (Å²) in [5, 5.41) is 12.3. The number of benzene rings is 1. The molecule has 1 aromatic rings. The number of hydrogen-bond donors (Lipinski definition) is 2. The molecule has 1 amide bonds. The minimum absolute atomic E-state index is 0.0485. The predicted octanol–water partition coefficient (Wildman–Crippen LogP) is 2.80. The molecular formula is C15H19BrFNO2. The van der Waals surface area contributed by atoms with Gasteiger partial charge in [-0.2, -0.15) is 0 Å². The van der Waals surface area contributed by atoms with Gasteiger partial charge in [-0.05, 0) is 55.9 Å². The summed E-state index contributed by atoms with van der Waals surface area (Å²) < 4.78 is 14.0. The first kappa shape index (κ1) is 15.4. The topological polar surface area (TPSA) is 49.3 Å². The molecule has 1 aliphatic carbocycles. The zero-order valence-corrected chi connectivity index (χ0v) is 13.0. The molecule has 110 valence electrons. The highest BCUT2D eigenvalue weighted by Crippen LogP contribution is 2.39. The zero-order chi connectivity index (χ0) is 14.8. The number of amides is 1. The number of aliphatic hydroxyl groups is 1. The smallest absolute Gasteiger partial charge is 0.220 e. The molecule has 1 aliphatic rings. The van der Waals surface area contributed by atoms with Crippen LogP contribution in [0.2, 0.25) is 0 Å². The average molecular weight is 344 g/mol. The van der Waals surface area contributed by atoms with E-state index in [9.17, 15) is 14.3 Å². The Kier molecular flexibility index (Phi) is 4.81. The minimum Gasteiger partial charge on any atom is -0.394 e. The van der Waals surface area contributed by atoms with Gasteiger partial charge in [0.15, 0.2) is 0 Å². The molecule has 0 aromatic heterocycles. The summed E-state index contributed by atoms with van der Waals surface area (Å²) >= 11 is 3.35. The van der Waals surface area contributed by atoms with Gasteiger partial charge in [0.25, 0.3) is 0 Å². The zero-order valence-electron chi connectivity index (χ0n) is 11.5. The second-order valence-electron chi connectivity index (χ2n) is 5.63. The number of aryl methyl sites for hydroxylation is 1. The summed E-state index contributed by atoms with van der Waals surface area (Å²) in [6.45, 7) is 1.83. The Hall–Kier alpha value is -0.940. The summed E-state index contributed by atoms with van der Waals surface area (Å²) in [7, 11) is 0. The van der Waals surface area contributed by atoms with Crippen molar-refractivity contribution in [3.8, 4) is 0 Å². The molecule has 0 unspecified atom stereocenters. The number of rotatable bonds is 6. The summed E-state index contributed by atoms with van der Waals surface area (Å²) in [5.41, 5.74) is 0.258. The van der Waals surface area contributed by atoms with Gasteiger partial charge < -0.3 is 10.4 Å². The molecular weight excluding hydrogens is 325 g/mol. The van der Waals surface area contributed by atoms with Crippen LogP contribution in [0.1, 0.15) is 31.7 Å². The molecule has 2 rings (SSSR count). The standard InChI is InChI=1S/C15H19BrFNO2/c1-15(9-19,11-3-4-11)18-14(20)7-2-10-8-12(17)5-6-13(10)16/h5-6,8,11,19H,2-4,7,9H2,1H3,(H,18,20)/t15-/m1/s1. The fraction of sp³-hybridized carbons (Fsp3) is 0.533. The lowest BCUT2D eigenvalue weighted by atomic mass is 9.96. The van der Waals surface area contributed by atoms with Crippen molar-refractivity contribution >= 4 is 21.8 Å². The van der Waals surface area contributed by atoms with Crippen LogP contribution in [0.5, 0.6) is 0 Å². The first-order valence-electron chi connectivity index (χ1n) is 6.80. The molecule has 1 fully saturated rings. The highest BCUT2D eigenvalue weighted by Gasteiger charge is 2.41. The molecule has 1 aromatic carbocycles. The van der Waals surface area contributed by atoms with Crippen LogP contribution in [-0.2, 0) is 11.2 Å². The summed E-state index contributed by atoms with van der Waals surface area (Å²) in [6, 6.07) is 4.46. The van der Waals surface area contributed by atoms with Crippen molar-refractivity contribution in [1.82, 2.24) is 5.32 Å². The van der Waals surface area contributed by atoms with E-state index >= 15 is 0 Å². The molecule has 2 N–H and O–H groups in total. The quantitative estimate of drug-likeness (QED) is 0.834. The molecule has 20 heavy (non-hydrogen) atoms. The molecule has 0 aliphatic heterocycles. The van der Waals surface area contributed by atoms with E-state index in [2.05, 4.69) is 21.2 Å². The van der Waals surface area contributed by atoms with Crippen LogP contribution in [0.15, 0.2) is 22.7 Å². The van der Waals surface area contributed by atoms with Crippen molar-refractivity contribution < 1.29 is 14.3 Å². The maximum absolute atomic E-state index is 13.2. The molecule has 1 atom stereocenters. The maximum atomic E-state index is 13.2. The van der Waals surface area contributed by atoms with Gasteiger partial charge in [0.2, 0.25) is 5.91 Å². The molecule has 5 heteroatoms. The van der Waals surface area contributed by atoms with E-state index in [1.807, 2.05) is 6.92 Å². The molecule has 0 saturated heterocycles. The van der Waals surface area contributed by atoms with Crippen molar-refractivity contribution in [2.45, 2.75) is 38.1 Å². The van der Waals surface area contributed by atoms with Crippen molar-refractivity contribution in [2.24, 2.45) is 5.92 Å². The van der Waals surface area contributed by atoms with Crippen molar-refractivity contribution in [2.75, 3.05) is 6.61 Å². The summed E-state index contributed by atoms with van der Waals surface area (Å²) in [4.78, 5) is 12.0. The number of aliphatic hydroxyl groups excluding tert-OH is 1. The van der Waals surface area contributed by atoms with Crippen LogP contribution in [0, 0.1) is 11.7 Å². The highest BCUT2D eigenvalue weighted by atomic mass is 79.9. The third kappa shape index (κ3) is 3.79. The Morgan fingerprint density at radius 2 is 2.25 bits per heavy atom. The second-order valence-corrected chi connectivity index (χ2v) is 6.49. The van der Waals surface area contributed by atoms with E-state index in [1.165, 1.54) is 12.1 Å². The third-order valence-electron chi connectivity index (χ3n) is 3.86. The number of nitrogens with one attached hydrogen (secondary N) is 1. The van der Waals surface area contributed by atoms with Gasteiger partial charge in [0.05, 0.1) is 12.1 Å². The number of carbonyl (C=O) groups excluding carboxylic acids is 1. The van der Waals surface area contributed by atoms with E-state index in [-0.39, 0.29) is 24.8 Å². The van der Waals surface area contributed by atoms with Gasteiger partial charge in [-0.1, -0.05) is 15.9 Å². The fourth-order valence-electron chi connectivity index (χ4n) is 2.36. The SMILES string of the molecule is C[C@](CO)(NC(=O)CCc1cc(F)ccc1Br)C1CC1. The molecule has 0 spiro atoms. The number of hydrogen-bond acceptors (Lipinski definition) is 2. The van der Waals surface area contributed by atoms with Crippen LogP contribution >= 0.6 is 15.9 Å². The lowest BCUT2D eigenvalue weighted by Crippen LogP contribution is -2.50. The Morgan fingerprint density at radius 3 is 2.85 bits per heavy atom. The third-order valence-corrected chi connectivity index (χ3v) is 4.63. The summed E-state index contributed by atoms with van der Waals surface area (Å²) in [6.07, 6.45) is 2.85. The normalized spacial score (nSPS) is 17.6. The number of halogens is 2. The summed E-state index contributed by atoms with van der Waals surface area (Å²) in [5.74, 6) is -0.0382. The van der Waals surface area contributed by atoms with Crippen molar-refractivity contribution in [3.63, 3.8) is 0 Å². The van der Waals surface area contributed by atoms with Crippen LogP contribution in [-0.4, -0.2) is 23.2 Å². The van der Waals surface area contributed by atoms with Crippen LogP contribution < -0.4 is 5.32 Å². The predicted molar refractivity (Wildman–Crippen MR) is 78.8 cm³/mol. The first-order valence-corrected chi connectivity index (χ1v) is 7.60. The maximum Gasteiger partial charge on any atom is 0.220 e. The van der Waals surface area contributed by atoms with Gasteiger partial charge in [-0.25, -0.2) is 4.39 Å². The van der Waals surface area contributed by atoms with Gasteiger partial charge >= 0.3 is 0 Å². The van der Waals surface area contributed by atoms with Crippen molar-refractivity contribution in [1.29, 1.82) is 0 Å². The molecule has 3 nitrogen and oxygen atoms in total. The fourth-order valence-corrected chi connectivity index (χ4v) is 2.80. The van der Waals surface area contributed by atoms with Gasteiger partial charge in [0.1, 0.15) is 5.82 Å². The molecule has 0 bridgehead atoms. The minimum atomic E-state index is -0.518. The lowest BCUT2D eigenvalue weighted by Gasteiger charge is -2.28. The van der Waals surface area contributed by atoms with Crippen LogP contribution in [0.3, 0.4) is 0 Å². The lowest BCUT2D eigenvalue weighted by molar-refractivity contribution is -0.123. The van der Waals surface area contributed by atoms with Crippen molar-refractivity contribution in [3.05, 3.63) is 34.1 Å². The Morgan fingerprint density at radius 1 is 1.55 bits per heavy atom. The highest BCUT2D eigenvalue weighted by molar-refractivity contribution is 9.10. The van der Waals surface area contributed by atoms with Crippen LogP contribution in [0.25, 0.3) is 0 Å². The monoisotopic (exact) mass is 343 g/mol. The van der Waals surface area contributed by atoms with E-state index in [4.69, 9.17) is 0 Å². The van der Waals surface area contributed by atoms with E-state index < -0.39 is 5.54 Å². The Bertz CT molecular complexity index is 505. The van der Waals surface area contributed by atoms with E-state index in [1.54, 1.807) is 6.07 Å². The second kappa shape index (κ2) is 6.22. The van der Waals surface area contributed by atoms with Gasteiger partial charge in [-0.15, -0.1) is 0 Å².